The van der Waals surface area contributed by atoms with E-state index in [1.54, 1.807) is 18.2 Å². The third-order valence-corrected chi connectivity index (χ3v) is 5.66. The fraction of sp³-hybridized carbons (Fsp3) is 0.276. The molecule has 36 heavy (non-hydrogen) atoms. The molecular formula is C29H24F6O. The van der Waals surface area contributed by atoms with E-state index in [4.69, 9.17) is 0 Å². The predicted molar refractivity (Wildman–Crippen MR) is 127 cm³/mol. The summed E-state index contributed by atoms with van der Waals surface area (Å²) in [6.45, 7) is 5.47. The molecule has 0 radical (unpaired) electrons. The SMILES string of the molecule is CC(=O)C(CC(C)C)c1cc(C#Cc2ccc(C(F)(F)F)cc2)cc(-c2ccc(C(F)(F)F)cc2)c1. The van der Waals surface area contributed by atoms with Crippen LogP contribution in [0.2, 0.25) is 0 Å². The maximum Gasteiger partial charge on any atom is 0.416 e. The second-order valence-corrected chi connectivity index (χ2v) is 9.04. The third-order valence-electron chi connectivity index (χ3n) is 5.66. The predicted octanol–water partition coefficient (Wildman–Crippen LogP) is 8.51. The van der Waals surface area contributed by atoms with E-state index in [0.29, 0.717) is 34.2 Å². The molecule has 3 aromatic carbocycles. The number of ketones is 1. The molecule has 3 rings (SSSR count). The number of rotatable bonds is 5. The summed E-state index contributed by atoms with van der Waals surface area (Å²) in [5, 5.41) is 0. The fourth-order valence-corrected chi connectivity index (χ4v) is 3.84. The minimum Gasteiger partial charge on any atom is -0.299 e. The maximum atomic E-state index is 13.0. The molecule has 0 aliphatic heterocycles. The zero-order chi connectivity index (χ0) is 26.7. The van der Waals surface area contributed by atoms with Crippen molar-refractivity contribution in [2.24, 2.45) is 5.92 Å². The molecule has 0 aromatic heterocycles. The van der Waals surface area contributed by atoms with Gasteiger partial charge in [-0.2, -0.15) is 26.3 Å². The Bertz CT molecular complexity index is 1270. The van der Waals surface area contributed by atoms with Gasteiger partial charge in [0.2, 0.25) is 0 Å². The number of hydrogen-bond donors (Lipinski definition) is 0. The maximum absolute atomic E-state index is 13.0. The van der Waals surface area contributed by atoms with E-state index in [1.165, 1.54) is 31.2 Å². The molecule has 188 valence electrons. The molecule has 0 amide bonds. The fourth-order valence-electron chi connectivity index (χ4n) is 3.84. The van der Waals surface area contributed by atoms with E-state index in [2.05, 4.69) is 11.8 Å². The first-order valence-corrected chi connectivity index (χ1v) is 11.3. The standard InChI is InChI=1S/C29H24F6O/c1-18(2)14-27(19(3)36)24-16-21(5-4-20-6-10-25(11-7-20)28(30,31)32)15-23(17-24)22-8-12-26(13-9-22)29(33,34)35/h6-13,15-18,27H,14H2,1-3H3. The molecule has 0 aliphatic carbocycles. The van der Waals surface area contributed by atoms with Crippen LogP contribution in [-0.2, 0) is 17.1 Å². The first-order chi connectivity index (χ1) is 16.7. The first kappa shape index (κ1) is 27.1. The van der Waals surface area contributed by atoms with Gasteiger partial charge in [-0.3, -0.25) is 4.79 Å². The lowest BCUT2D eigenvalue weighted by Crippen LogP contribution is -2.12. The molecule has 1 atom stereocenters. The summed E-state index contributed by atoms with van der Waals surface area (Å²) in [6, 6.07) is 14.4. The van der Waals surface area contributed by atoms with Crippen molar-refractivity contribution in [3.05, 3.63) is 94.5 Å². The van der Waals surface area contributed by atoms with Gasteiger partial charge in [-0.25, -0.2) is 0 Å². The number of alkyl halides is 6. The number of hydrogen-bond acceptors (Lipinski definition) is 1. The molecule has 0 saturated heterocycles. The van der Waals surface area contributed by atoms with Gasteiger partial charge in [0.05, 0.1) is 11.1 Å². The summed E-state index contributed by atoms with van der Waals surface area (Å²) in [7, 11) is 0. The van der Waals surface area contributed by atoms with Crippen LogP contribution in [0.5, 0.6) is 0 Å². The second-order valence-electron chi connectivity index (χ2n) is 9.04. The van der Waals surface area contributed by atoms with Crippen molar-refractivity contribution in [3.63, 3.8) is 0 Å². The highest BCUT2D eigenvalue weighted by Crippen LogP contribution is 2.34. The molecule has 1 unspecified atom stereocenters. The summed E-state index contributed by atoms with van der Waals surface area (Å²) in [5.41, 5.74) is 1.11. The van der Waals surface area contributed by atoms with Gasteiger partial charge in [0.25, 0.3) is 0 Å². The smallest absolute Gasteiger partial charge is 0.299 e. The Kier molecular flexibility index (Phi) is 7.98. The lowest BCUT2D eigenvalue weighted by atomic mass is 9.85. The van der Waals surface area contributed by atoms with Crippen molar-refractivity contribution in [2.45, 2.75) is 45.5 Å². The minimum atomic E-state index is -4.46. The van der Waals surface area contributed by atoms with Crippen LogP contribution in [0.15, 0.2) is 66.7 Å². The van der Waals surface area contributed by atoms with Crippen molar-refractivity contribution in [3.8, 4) is 23.0 Å². The van der Waals surface area contributed by atoms with Crippen LogP contribution in [-0.4, -0.2) is 5.78 Å². The Labute approximate surface area is 206 Å². The van der Waals surface area contributed by atoms with Gasteiger partial charge >= 0.3 is 12.4 Å². The van der Waals surface area contributed by atoms with Gasteiger partial charge in [-0.15, -0.1) is 0 Å². The van der Waals surface area contributed by atoms with Crippen LogP contribution >= 0.6 is 0 Å². The van der Waals surface area contributed by atoms with Crippen LogP contribution in [0.1, 0.15) is 60.9 Å². The number of Topliss-reactive ketones (excluding diaryl/α,β-unsaturated/α-hetero) is 1. The molecule has 0 spiro atoms. The van der Waals surface area contributed by atoms with Crippen molar-refractivity contribution < 1.29 is 31.1 Å². The zero-order valence-corrected chi connectivity index (χ0v) is 19.9. The summed E-state index contributed by atoms with van der Waals surface area (Å²) < 4.78 is 77.4. The van der Waals surface area contributed by atoms with Crippen molar-refractivity contribution in [2.75, 3.05) is 0 Å². The highest BCUT2D eigenvalue weighted by molar-refractivity contribution is 5.84. The quantitative estimate of drug-likeness (QED) is 0.253. The van der Waals surface area contributed by atoms with Crippen LogP contribution < -0.4 is 0 Å². The molecule has 3 aromatic rings. The monoisotopic (exact) mass is 502 g/mol. The lowest BCUT2D eigenvalue weighted by Gasteiger charge is -2.18. The zero-order valence-electron chi connectivity index (χ0n) is 19.9. The normalized spacial score (nSPS) is 12.7. The number of carbonyl (C=O) groups is 1. The summed E-state index contributed by atoms with van der Waals surface area (Å²) >= 11 is 0. The Morgan fingerprint density at radius 2 is 1.22 bits per heavy atom. The second kappa shape index (κ2) is 10.6. The number of carbonyl (C=O) groups excluding carboxylic acids is 1. The average Bonchev–Trinajstić information content (AvgIpc) is 2.80. The van der Waals surface area contributed by atoms with Gasteiger partial charge in [0.1, 0.15) is 5.78 Å². The molecular weight excluding hydrogens is 478 g/mol. The topological polar surface area (TPSA) is 17.1 Å². The molecule has 0 bridgehead atoms. The van der Waals surface area contributed by atoms with Gasteiger partial charge < -0.3 is 0 Å². The van der Waals surface area contributed by atoms with Crippen LogP contribution in [0.3, 0.4) is 0 Å². The largest absolute Gasteiger partial charge is 0.416 e. The Balaban J connectivity index is 2.07. The van der Waals surface area contributed by atoms with E-state index in [0.717, 1.165) is 24.3 Å². The number of benzene rings is 3. The lowest BCUT2D eigenvalue weighted by molar-refractivity contribution is -0.138. The van der Waals surface area contributed by atoms with E-state index < -0.39 is 29.4 Å². The highest BCUT2D eigenvalue weighted by Gasteiger charge is 2.30. The number of halogens is 6. The highest BCUT2D eigenvalue weighted by atomic mass is 19.4. The minimum absolute atomic E-state index is 0.0464. The van der Waals surface area contributed by atoms with Gasteiger partial charge in [0.15, 0.2) is 0 Å². The Morgan fingerprint density at radius 1 is 0.722 bits per heavy atom. The van der Waals surface area contributed by atoms with Crippen LogP contribution in [0.25, 0.3) is 11.1 Å². The first-order valence-electron chi connectivity index (χ1n) is 11.3. The Morgan fingerprint density at radius 3 is 1.69 bits per heavy atom. The molecule has 0 fully saturated rings. The van der Waals surface area contributed by atoms with Crippen LogP contribution in [0, 0.1) is 17.8 Å². The molecule has 7 heteroatoms. The van der Waals surface area contributed by atoms with Gasteiger partial charge in [0, 0.05) is 17.0 Å². The van der Waals surface area contributed by atoms with Crippen molar-refractivity contribution in [1.29, 1.82) is 0 Å². The molecule has 0 saturated carbocycles. The molecule has 1 nitrogen and oxygen atoms in total. The molecule has 0 N–H and O–H groups in total. The average molecular weight is 502 g/mol. The van der Waals surface area contributed by atoms with E-state index in [1.807, 2.05) is 13.8 Å². The van der Waals surface area contributed by atoms with Crippen molar-refractivity contribution in [1.82, 2.24) is 0 Å². The third kappa shape index (κ3) is 7.00. The van der Waals surface area contributed by atoms with Gasteiger partial charge in [-0.05, 0) is 84.5 Å². The summed E-state index contributed by atoms with van der Waals surface area (Å²) in [6.07, 6.45) is -8.33. The summed E-state index contributed by atoms with van der Waals surface area (Å²) in [5.74, 6) is 5.51. The van der Waals surface area contributed by atoms with E-state index in [9.17, 15) is 31.1 Å². The van der Waals surface area contributed by atoms with E-state index >= 15 is 0 Å². The Hall–Kier alpha value is -3.53. The summed E-state index contributed by atoms with van der Waals surface area (Å²) in [4.78, 5) is 12.4. The molecule has 0 heterocycles. The van der Waals surface area contributed by atoms with E-state index in [-0.39, 0.29) is 11.7 Å². The molecule has 0 aliphatic rings. The van der Waals surface area contributed by atoms with Crippen molar-refractivity contribution >= 4 is 5.78 Å². The van der Waals surface area contributed by atoms with Crippen LogP contribution in [0.4, 0.5) is 26.3 Å². The van der Waals surface area contributed by atoms with Gasteiger partial charge in [-0.1, -0.05) is 43.9 Å².